The molecule has 1 atom stereocenters. The van der Waals surface area contributed by atoms with Gasteiger partial charge in [0, 0.05) is 0 Å². The number of hydrazine groups is 1. The first-order chi connectivity index (χ1) is 5.88. The van der Waals surface area contributed by atoms with Crippen molar-refractivity contribution in [1.82, 2.24) is 5.43 Å². The van der Waals surface area contributed by atoms with Crippen LogP contribution in [0, 0.1) is 0 Å². The number of hydrogen-bond donors (Lipinski definition) is 2. The Morgan fingerprint density at radius 1 is 1.75 bits per heavy atom. The zero-order valence-electron chi connectivity index (χ0n) is 6.99. The van der Waals surface area contributed by atoms with E-state index in [2.05, 4.69) is 12.0 Å². The molecule has 3 heteroatoms. The largest absolute Gasteiger partial charge is 0.468 e. The number of furan rings is 1. The lowest BCUT2D eigenvalue weighted by atomic mass is 10.1. The van der Waals surface area contributed by atoms with Crippen LogP contribution in [0.3, 0.4) is 0 Å². The second-order valence-corrected chi connectivity index (χ2v) is 2.60. The SMILES string of the molecule is C=CCCC(NN)c1ccco1. The van der Waals surface area contributed by atoms with Gasteiger partial charge in [-0.1, -0.05) is 6.08 Å². The number of nitrogens with two attached hydrogens (primary N) is 1. The van der Waals surface area contributed by atoms with Gasteiger partial charge < -0.3 is 4.42 Å². The molecule has 12 heavy (non-hydrogen) atoms. The molecule has 0 aliphatic carbocycles. The van der Waals surface area contributed by atoms with E-state index in [0.29, 0.717) is 0 Å². The van der Waals surface area contributed by atoms with Crippen LogP contribution in [0.4, 0.5) is 0 Å². The quantitative estimate of drug-likeness (QED) is 0.398. The zero-order valence-corrected chi connectivity index (χ0v) is 6.99. The van der Waals surface area contributed by atoms with Gasteiger partial charge in [-0.2, -0.15) is 0 Å². The minimum Gasteiger partial charge on any atom is -0.468 e. The molecule has 0 spiro atoms. The van der Waals surface area contributed by atoms with Crippen molar-refractivity contribution < 1.29 is 4.42 Å². The highest BCUT2D eigenvalue weighted by Crippen LogP contribution is 2.17. The molecule has 0 aliphatic heterocycles. The molecule has 3 nitrogen and oxygen atoms in total. The normalized spacial score (nSPS) is 12.8. The monoisotopic (exact) mass is 166 g/mol. The van der Waals surface area contributed by atoms with Crippen molar-refractivity contribution in [3.05, 3.63) is 36.8 Å². The molecule has 66 valence electrons. The second kappa shape index (κ2) is 4.74. The third kappa shape index (κ3) is 2.22. The van der Waals surface area contributed by atoms with Gasteiger partial charge >= 0.3 is 0 Å². The fourth-order valence-electron chi connectivity index (χ4n) is 1.08. The summed E-state index contributed by atoms with van der Waals surface area (Å²) in [6, 6.07) is 3.86. The van der Waals surface area contributed by atoms with Crippen molar-refractivity contribution >= 4 is 0 Å². The van der Waals surface area contributed by atoms with Gasteiger partial charge in [0.1, 0.15) is 5.76 Å². The molecule has 0 fully saturated rings. The van der Waals surface area contributed by atoms with Crippen LogP contribution in [0.2, 0.25) is 0 Å². The molecular formula is C9H14N2O. The molecule has 0 aromatic carbocycles. The molecule has 1 aromatic heterocycles. The minimum atomic E-state index is 0.0954. The van der Waals surface area contributed by atoms with Crippen molar-refractivity contribution in [1.29, 1.82) is 0 Å². The van der Waals surface area contributed by atoms with Crippen LogP contribution in [0.25, 0.3) is 0 Å². The smallest absolute Gasteiger partial charge is 0.122 e. The summed E-state index contributed by atoms with van der Waals surface area (Å²) in [5.74, 6) is 6.23. The van der Waals surface area contributed by atoms with Gasteiger partial charge in [0.15, 0.2) is 0 Å². The van der Waals surface area contributed by atoms with Crippen molar-refractivity contribution in [2.45, 2.75) is 18.9 Å². The Morgan fingerprint density at radius 2 is 2.58 bits per heavy atom. The molecule has 1 unspecified atom stereocenters. The first-order valence-electron chi connectivity index (χ1n) is 3.99. The Bertz CT molecular complexity index is 218. The predicted octanol–water partition coefficient (Wildman–Crippen LogP) is 1.75. The lowest BCUT2D eigenvalue weighted by molar-refractivity contribution is 0.403. The van der Waals surface area contributed by atoms with E-state index in [0.717, 1.165) is 18.6 Å². The first kappa shape index (κ1) is 9.03. The molecule has 0 saturated carbocycles. The fourth-order valence-corrected chi connectivity index (χ4v) is 1.08. The molecule has 0 aliphatic rings. The Hall–Kier alpha value is -1.06. The average molecular weight is 166 g/mol. The lowest BCUT2D eigenvalue weighted by Crippen LogP contribution is -2.27. The average Bonchev–Trinajstić information content (AvgIpc) is 2.59. The summed E-state index contributed by atoms with van der Waals surface area (Å²) in [5, 5.41) is 0. The number of hydrogen-bond acceptors (Lipinski definition) is 3. The Labute approximate surface area is 72.2 Å². The molecule has 1 rings (SSSR count). The van der Waals surface area contributed by atoms with Crippen molar-refractivity contribution in [3.8, 4) is 0 Å². The van der Waals surface area contributed by atoms with Gasteiger partial charge in [0.2, 0.25) is 0 Å². The Kier molecular flexibility index (Phi) is 3.57. The van der Waals surface area contributed by atoms with E-state index in [4.69, 9.17) is 10.3 Å². The fraction of sp³-hybridized carbons (Fsp3) is 0.333. The van der Waals surface area contributed by atoms with E-state index in [1.165, 1.54) is 0 Å². The van der Waals surface area contributed by atoms with E-state index in [9.17, 15) is 0 Å². The highest BCUT2D eigenvalue weighted by molar-refractivity contribution is 5.04. The molecule has 0 amide bonds. The van der Waals surface area contributed by atoms with Gasteiger partial charge in [-0.15, -0.1) is 6.58 Å². The van der Waals surface area contributed by atoms with Gasteiger partial charge in [-0.3, -0.25) is 5.84 Å². The minimum absolute atomic E-state index is 0.0954. The van der Waals surface area contributed by atoms with Gasteiger partial charge in [0.25, 0.3) is 0 Å². The van der Waals surface area contributed by atoms with Gasteiger partial charge in [0.05, 0.1) is 12.3 Å². The van der Waals surface area contributed by atoms with Crippen LogP contribution in [-0.4, -0.2) is 0 Å². The van der Waals surface area contributed by atoms with Crippen molar-refractivity contribution in [2.75, 3.05) is 0 Å². The molecule has 0 saturated heterocycles. The Balaban J connectivity index is 2.51. The summed E-state index contributed by atoms with van der Waals surface area (Å²) < 4.78 is 5.21. The molecule has 0 radical (unpaired) electrons. The third-order valence-corrected chi connectivity index (χ3v) is 1.75. The number of allylic oxidation sites excluding steroid dienone is 1. The standard InChI is InChI=1S/C9H14N2O/c1-2-3-5-8(11-10)9-6-4-7-12-9/h2,4,6-8,11H,1,3,5,10H2. The van der Waals surface area contributed by atoms with Crippen LogP contribution in [0.15, 0.2) is 35.5 Å². The van der Waals surface area contributed by atoms with E-state index in [1.807, 2.05) is 18.2 Å². The maximum Gasteiger partial charge on any atom is 0.122 e. The number of rotatable bonds is 5. The molecular weight excluding hydrogens is 152 g/mol. The molecule has 0 bridgehead atoms. The summed E-state index contributed by atoms with van der Waals surface area (Å²) in [7, 11) is 0. The van der Waals surface area contributed by atoms with E-state index in [-0.39, 0.29) is 6.04 Å². The van der Waals surface area contributed by atoms with Crippen LogP contribution < -0.4 is 11.3 Å². The van der Waals surface area contributed by atoms with E-state index >= 15 is 0 Å². The van der Waals surface area contributed by atoms with Gasteiger partial charge in [-0.25, -0.2) is 5.43 Å². The Morgan fingerprint density at radius 3 is 3.08 bits per heavy atom. The second-order valence-electron chi connectivity index (χ2n) is 2.60. The predicted molar refractivity (Wildman–Crippen MR) is 48.2 cm³/mol. The van der Waals surface area contributed by atoms with Crippen LogP contribution in [0.5, 0.6) is 0 Å². The maximum absolute atomic E-state index is 5.36. The van der Waals surface area contributed by atoms with E-state index < -0.39 is 0 Å². The summed E-state index contributed by atoms with van der Waals surface area (Å²) >= 11 is 0. The van der Waals surface area contributed by atoms with Crippen LogP contribution in [-0.2, 0) is 0 Å². The highest BCUT2D eigenvalue weighted by Gasteiger charge is 2.10. The molecule has 1 heterocycles. The molecule has 1 aromatic rings. The maximum atomic E-state index is 5.36. The first-order valence-corrected chi connectivity index (χ1v) is 3.99. The summed E-state index contributed by atoms with van der Waals surface area (Å²) in [5.41, 5.74) is 2.70. The lowest BCUT2D eigenvalue weighted by Gasteiger charge is -2.10. The van der Waals surface area contributed by atoms with E-state index in [1.54, 1.807) is 6.26 Å². The summed E-state index contributed by atoms with van der Waals surface area (Å²) in [6.07, 6.45) is 5.35. The summed E-state index contributed by atoms with van der Waals surface area (Å²) in [6.45, 7) is 3.65. The number of nitrogens with one attached hydrogen (secondary N) is 1. The van der Waals surface area contributed by atoms with Crippen molar-refractivity contribution in [3.63, 3.8) is 0 Å². The van der Waals surface area contributed by atoms with Crippen molar-refractivity contribution in [2.24, 2.45) is 5.84 Å². The zero-order chi connectivity index (χ0) is 8.81. The molecule has 3 N–H and O–H groups in total. The topological polar surface area (TPSA) is 51.2 Å². The summed E-state index contributed by atoms with van der Waals surface area (Å²) in [4.78, 5) is 0. The van der Waals surface area contributed by atoms with Crippen LogP contribution >= 0.6 is 0 Å². The van der Waals surface area contributed by atoms with Crippen LogP contribution in [0.1, 0.15) is 24.6 Å². The third-order valence-electron chi connectivity index (χ3n) is 1.75. The highest BCUT2D eigenvalue weighted by atomic mass is 16.3. The van der Waals surface area contributed by atoms with Gasteiger partial charge in [-0.05, 0) is 25.0 Å².